The van der Waals surface area contributed by atoms with Crippen LogP contribution in [0.5, 0.6) is 0 Å². The Bertz CT molecular complexity index is 591. The second kappa shape index (κ2) is 10.5. The Labute approximate surface area is 173 Å². The predicted octanol–water partition coefficient (Wildman–Crippen LogP) is 3.40. The van der Waals surface area contributed by atoms with Crippen molar-refractivity contribution in [2.24, 2.45) is 23.7 Å². The minimum atomic E-state index is -2.26. The van der Waals surface area contributed by atoms with Crippen molar-refractivity contribution in [1.29, 1.82) is 0 Å². The van der Waals surface area contributed by atoms with E-state index in [1.54, 1.807) is 0 Å². The van der Waals surface area contributed by atoms with Crippen LogP contribution >= 0.6 is 0 Å². The van der Waals surface area contributed by atoms with Gasteiger partial charge in [-0.25, -0.2) is 0 Å². The van der Waals surface area contributed by atoms with Crippen LogP contribution in [0, 0.1) is 23.7 Å². The molecule has 148 valence electrons. The summed E-state index contributed by atoms with van der Waals surface area (Å²) in [4.78, 5) is 38.1. The van der Waals surface area contributed by atoms with Crippen molar-refractivity contribution < 1.29 is 24.6 Å². The molecule has 0 fully saturated rings. The van der Waals surface area contributed by atoms with Crippen molar-refractivity contribution in [3.8, 4) is 0 Å². The number of carbonyl (C=O) groups excluding carboxylic acids is 3. The molecule has 0 radical (unpaired) electrons. The molecule has 2 N–H and O–H groups in total. The van der Waals surface area contributed by atoms with Crippen molar-refractivity contribution in [2.75, 3.05) is 0 Å². The summed E-state index contributed by atoms with van der Waals surface area (Å²) in [5.74, 6) is -2.92. The molecule has 1 aliphatic carbocycles. The van der Waals surface area contributed by atoms with E-state index in [-0.39, 0.29) is 60.0 Å². The first-order valence-electron chi connectivity index (χ1n) is 9.69. The van der Waals surface area contributed by atoms with Gasteiger partial charge in [-0.3, -0.25) is 14.4 Å². The Morgan fingerprint density at radius 3 is 1.96 bits per heavy atom. The average Bonchev–Trinajstić information content (AvgIpc) is 2.69. The number of hydrogen-bond acceptors (Lipinski definition) is 5. The van der Waals surface area contributed by atoms with Gasteiger partial charge in [-0.15, -0.1) is 0 Å². The van der Waals surface area contributed by atoms with Crippen molar-refractivity contribution in [1.82, 2.24) is 0 Å². The fourth-order valence-electron chi connectivity index (χ4n) is 3.36. The molecule has 0 aromatic carbocycles. The Balaban J connectivity index is 0.00000676. The van der Waals surface area contributed by atoms with Gasteiger partial charge in [0.1, 0.15) is 11.3 Å². The summed E-state index contributed by atoms with van der Waals surface area (Å²) < 4.78 is 0. The van der Waals surface area contributed by atoms with E-state index >= 15 is 0 Å². The minimum absolute atomic E-state index is 0. The van der Waals surface area contributed by atoms with E-state index in [0.717, 1.165) is 0 Å². The number of aliphatic hydroxyl groups is 2. The molecule has 0 aromatic heterocycles. The standard InChI is InChI=1S/C21H34O5.Al/c1-12(2)7-9-15-19(24)18(16(22)11-14(5)6)20(25)21(15,26)17(23)10-8-13(3)4;/h12-15,25-26H,7-11H2,1-6H3;/q;+3/t15-,21+;/m0./s1. The Morgan fingerprint density at radius 1 is 1.00 bits per heavy atom. The molecule has 0 amide bonds. The van der Waals surface area contributed by atoms with Crippen LogP contribution in [0.25, 0.3) is 0 Å². The first-order valence-corrected chi connectivity index (χ1v) is 9.69. The van der Waals surface area contributed by atoms with Gasteiger partial charge in [0.15, 0.2) is 23.0 Å². The molecule has 0 bridgehead atoms. The van der Waals surface area contributed by atoms with Gasteiger partial charge < -0.3 is 10.2 Å². The zero-order valence-electron chi connectivity index (χ0n) is 17.5. The van der Waals surface area contributed by atoms with Gasteiger partial charge >= 0.3 is 17.4 Å². The zero-order chi connectivity index (χ0) is 20.2. The van der Waals surface area contributed by atoms with E-state index in [1.165, 1.54) is 0 Å². The quantitative estimate of drug-likeness (QED) is 0.438. The van der Waals surface area contributed by atoms with Crippen LogP contribution in [0.4, 0.5) is 0 Å². The van der Waals surface area contributed by atoms with Crippen LogP contribution in [0.1, 0.15) is 73.6 Å². The second-order valence-corrected chi connectivity index (χ2v) is 8.75. The first kappa shape index (κ1) is 26.0. The van der Waals surface area contributed by atoms with Crippen LogP contribution in [-0.2, 0) is 14.4 Å². The molecule has 6 heteroatoms. The van der Waals surface area contributed by atoms with Crippen molar-refractivity contribution in [2.45, 2.75) is 79.2 Å². The number of hydrogen-bond donors (Lipinski definition) is 2. The van der Waals surface area contributed by atoms with Crippen molar-refractivity contribution >= 4 is 34.7 Å². The van der Waals surface area contributed by atoms with E-state index in [0.29, 0.717) is 12.8 Å². The number of rotatable bonds is 10. The molecule has 0 saturated heterocycles. The zero-order valence-corrected chi connectivity index (χ0v) is 18.7. The SMILES string of the molecule is CC(C)CCC(=O)[C@@]1(O)C(O)=C(C(=O)CC(C)C)C(=O)[C@@H]1CCC(C)C.[Al+3]. The molecule has 5 nitrogen and oxygen atoms in total. The molecule has 0 aromatic rings. The average molecular weight is 393 g/mol. The van der Waals surface area contributed by atoms with Gasteiger partial charge in [0.05, 0.1) is 5.92 Å². The predicted molar refractivity (Wildman–Crippen MR) is 106 cm³/mol. The van der Waals surface area contributed by atoms with E-state index < -0.39 is 34.6 Å². The molecule has 1 rings (SSSR count). The summed E-state index contributed by atoms with van der Waals surface area (Å²) in [7, 11) is 0. The molecular weight excluding hydrogens is 359 g/mol. The number of ketones is 3. The third-order valence-corrected chi connectivity index (χ3v) is 4.94. The monoisotopic (exact) mass is 393 g/mol. The minimum Gasteiger partial charge on any atom is -0.508 e. The summed E-state index contributed by atoms with van der Waals surface area (Å²) in [6, 6.07) is 0. The summed E-state index contributed by atoms with van der Waals surface area (Å²) in [5, 5.41) is 21.7. The topological polar surface area (TPSA) is 91.7 Å². The van der Waals surface area contributed by atoms with E-state index in [4.69, 9.17) is 0 Å². The molecule has 2 atom stereocenters. The van der Waals surface area contributed by atoms with Crippen LogP contribution < -0.4 is 0 Å². The first-order chi connectivity index (χ1) is 11.9. The molecular formula is C21H34AlO5+3. The second-order valence-electron chi connectivity index (χ2n) is 8.75. The molecule has 1 aliphatic rings. The van der Waals surface area contributed by atoms with Crippen LogP contribution in [0.15, 0.2) is 11.3 Å². The number of aliphatic hydroxyl groups excluding tert-OH is 1. The largest absolute Gasteiger partial charge is 3.00 e. The Kier molecular flexibility index (Phi) is 10.2. The van der Waals surface area contributed by atoms with Crippen LogP contribution in [0.3, 0.4) is 0 Å². The normalized spacial score (nSPS) is 22.7. The van der Waals surface area contributed by atoms with Crippen molar-refractivity contribution in [3.05, 3.63) is 11.3 Å². The number of allylic oxidation sites excluding steroid dienone is 1. The summed E-state index contributed by atoms with van der Waals surface area (Å²) >= 11 is 0. The van der Waals surface area contributed by atoms with E-state index in [9.17, 15) is 24.6 Å². The summed E-state index contributed by atoms with van der Waals surface area (Å²) in [6.07, 6.45) is 1.60. The maximum Gasteiger partial charge on any atom is 3.00 e. The Morgan fingerprint density at radius 2 is 1.52 bits per heavy atom. The maximum absolute atomic E-state index is 12.9. The molecule has 0 spiro atoms. The van der Waals surface area contributed by atoms with Gasteiger partial charge in [-0.05, 0) is 30.6 Å². The summed E-state index contributed by atoms with van der Waals surface area (Å²) in [6.45, 7) is 11.6. The van der Waals surface area contributed by atoms with E-state index in [1.807, 2.05) is 41.5 Å². The fourth-order valence-corrected chi connectivity index (χ4v) is 3.36. The number of carbonyl (C=O) groups is 3. The van der Waals surface area contributed by atoms with Gasteiger partial charge in [0.25, 0.3) is 0 Å². The smallest absolute Gasteiger partial charge is 0.508 e. The molecule has 0 aliphatic heterocycles. The fraction of sp³-hybridized carbons (Fsp3) is 0.762. The molecule has 0 heterocycles. The Hall–Kier alpha value is -0.958. The van der Waals surface area contributed by atoms with Gasteiger partial charge in [0, 0.05) is 12.8 Å². The van der Waals surface area contributed by atoms with Crippen molar-refractivity contribution in [3.63, 3.8) is 0 Å². The van der Waals surface area contributed by atoms with Gasteiger partial charge in [0.2, 0.25) is 0 Å². The third kappa shape index (κ3) is 6.01. The van der Waals surface area contributed by atoms with Gasteiger partial charge in [-0.1, -0.05) is 48.0 Å². The van der Waals surface area contributed by atoms with E-state index in [2.05, 4.69) is 0 Å². The molecule has 0 unspecified atom stereocenters. The van der Waals surface area contributed by atoms with Crippen LogP contribution in [-0.4, -0.2) is 50.5 Å². The van der Waals surface area contributed by atoms with Crippen LogP contribution in [0.2, 0.25) is 0 Å². The summed E-state index contributed by atoms with van der Waals surface area (Å²) in [5.41, 5.74) is -2.63. The number of Topliss-reactive ketones (excluding diaryl/α,β-unsaturated/α-hetero) is 3. The maximum atomic E-state index is 12.9. The third-order valence-electron chi connectivity index (χ3n) is 4.94. The molecule has 0 saturated carbocycles. The van der Waals surface area contributed by atoms with Gasteiger partial charge in [-0.2, -0.15) is 0 Å². The molecule has 27 heavy (non-hydrogen) atoms.